The molecule has 2 atom stereocenters. The molecule has 1 heterocycles. The van der Waals surface area contributed by atoms with Crippen LogP contribution in [0.5, 0.6) is 0 Å². The van der Waals surface area contributed by atoms with Crippen molar-refractivity contribution in [3.05, 3.63) is 35.6 Å². The molecule has 2 rings (SSSR count). The van der Waals surface area contributed by atoms with Gasteiger partial charge in [-0.1, -0.05) is 31.9 Å². The van der Waals surface area contributed by atoms with Crippen molar-refractivity contribution in [2.24, 2.45) is 11.7 Å². The minimum absolute atomic E-state index is 0.0117. The normalized spacial score (nSPS) is 15.1. The molecular formula is C15H21NO. The summed E-state index contributed by atoms with van der Waals surface area (Å²) in [6, 6.07) is 8.31. The van der Waals surface area contributed by atoms with E-state index in [1.165, 1.54) is 5.56 Å². The van der Waals surface area contributed by atoms with Gasteiger partial charge in [0.15, 0.2) is 0 Å². The van der Waals surface area contributed by atoms with Crippen molar-refractivity contribution >= 4 is 11.0 Å². The summed E-state index contributed by atoms with van der Waals surface area (Å²) < 4.78 is 5.81. The highest BCUT2D eigenvalue weighted by Crippen LogP contribution is 2.27. The van der Waals surface area contributed by atoms with E-state index in [0.717, 1.165) is 29.6 Å². The van der Waals surface area contributed by atoms with Gasteiger partial charge < -0.3 is 10.2 Å². The lowest BCUT2D eigenvalue weighted by Gasteiger charge is -2.13. The van der Waals surface area contributed by atoms with Gasteiger partial charge in [-0.2, -0.15) is 0 Å². The predicted molar refractivity (Wildman–Crippen MR) is 72.0 cm³/mol. The van der Waals surface area contributed by atoms with Crippen molar-refractivity contribution in [3.63, 3.8) is 0 Å². The molecule has 0 fully saturated rings. The number of rotatable bonds is 4. The third-order valence-electron chi connectivity index (χ3n) is 3.41. The molecule has 0 amide bonds. The molecule has 0 saturated carbocycles. The Morgan fingerprint density at radius 3 is 2.76 bits per heavy atom. The van der Waals surface area contributed by atoms with Crippen LogP contribution < -0.4 is 5.73 Å². The Morgan fingerprint density at radius 1 is 1.29 bits per heavy atom. The average molecular weight is 231 g/mol. The lowest BCUT2D eigenvalue weighted by molar-refractivity contribution is 0.408. The van der Waals surface area contributed by atoms with E-state index in [0.29, 0.717) is 5.92 Å². The summed E-state index contributed by atoms with van der Waals surface area (Å²) in [5, 5.41) is 1.15. The van der Waals surface area contributed by atoms with E-state index in [2.05, 4.69) is 39.0 Å². The van der Waals surface area contributed by atoms with Gasteiger partial charge in [-0.3, -0.25) is 0 Å². The van der Waals surface area contributed by atoms with Crippen LogP contribution in [0.3, 0.4) is 0 Å². The zero-order chi connectivity index (χ0) is 12.4. The second-order valence-electron chi connectivity index (χ2n) is 5.05. The summed E-state index contributed by atoms with van der Waals surface area (Å²) in [6.07, 6.45) is 2.14. The van der Waals surface area contributed by atoms with Crippen LogP contribution in [0.1, 0.15) is 44.1 Å². The maximum Gasteiger partial charge on any atom is 0.134 e. The fourth-order valence-electron chi connectivity index (χ4n) is 2.08. The number of hydrogen-bond donors (Lipinski definition) is 1. The molecular weight excluding hydrogens is 210 g/mol. The Kier molecular flexibility index (Phi) is 3.53. The van der Waals surface area contributed by atoms with Gasteiger partial charge in [0.25, 0.3) is 0 Å². The third-order valence-corrected chi connectivity index (χ3v) is 3.41. The third kappa shape index (κ3) is 2.70. The molecule has 0 saturated heterocycles. The molecule has 0 radical (unpaired) electrons. The Hall–Kier alpha value is -1.28. The summed E-state index contributed by atoms with van der Waals surface area (Å²) in [5.41, 5.74) is 8.37. The molecule has 0 aliphatic heterocycles. The molecule has 2 aromatic rings. The molecule has 17 heavy (non-hydrogen) atoms. The molecule has 0 spiro atoms. The van der Waals surface area contributed by atoms with Crippen LogP contribution in [0.2, 0.25) is 0 Å². The monoisotopic (exact) mass is 231 g/mol. The van der Waals surface area contributed by atoms with Crippen molar-refractivity contribution < 1.29 is 4.42 Å². The SMILES string of the molecule is CCC(C)CC(N)c1cc2cc(C)ccc2o1. The van der Waals surface area contributed by atoms with Crippen LogP contribution in [0.25, 0.3) is 11.0 Å². The summed E-state index contributed by atoms with van der Waals surface area (Å²) in [7, 11) is 0. The fourth-order valence-corrected chi connectivity index (χ4v) is 2.08. The Morgan fingerprint density at radius 2 is 2.06 bits per heavy atom. The number of hydrogen-bond acceptors (Lipinski definition) is 2. The van der Waals surface area contributed by atoms with E-state index in [1.807, 2.05) is 6.07 Å². The van der Waals surface area contributed by atoms with Crippen LogP contribution in [0.4, 0.5) is 0 Å². The minimum Gasteiger partial charge on any atom is -0.459 e. The van der Waals surface area contributed by atoms with Crippen LogP contribution in [-0.2, 0) is 0 Å². The smallest absolute Gasteiger partial charge is 0.134 e. The number of aryl methyl sites for hydroxylation is 1. The van der Waals surface area contributed by atoms with E-state index >= 15 is 0 Å². The van der Waals surface area contributed by atoms with Crippen molar-refractivity contribution in [2.75, 3.05) is 0 Å². The molecule has 1 aromatic heterocycles. The van der Waals surface area contributed by atoms with Crippen LogP contribution in [0.15, 0.2) is 28.7 Å². The van der Waals surface area contributed by atoms with Crippen LogP contribution in [0, 0.1) is 12.8 Å². The van der Waals surface area contributed by atoms with E-state index in [9.17, 15) is 0 Å². The first kappa shape index (κ1) is 12.2. The summed E-state index contributed by atoms with van der Waals surface area (Å²) in [4.78, 5) is 0. The lowest BCUT2D eigenvalue weighted by atomic mass is 9.98. The van der Waals surface area contributed by atoms with Gasteiger partial charge in [0.05, 0.1) is 6.04 Å². The highest BCUT2D eigenvalue weighted by molar-refractivity contribution is 5.78. The van der Waals surface area contributed by atoms with E-state index in [1.54, 1.807) is 0 Å². The van der Waals surface area contributed by atoms with Gasteiger partial charge in [-0.25, -0.2) is 0 Å². The number of nitrogens with two attached hydrogens (primary N) is 1. The molecule has 1 aromatic carbocycles. The summed E-state index contributed by atoms with van der Waals surface area (Å²) in [6.45, 7) is 6.51. The lowest BCUT2D eigenvalue weighted by Crippen LogP contribution is -2.12. The second kappa shape index (κ2) is 4.92. The second-order valence-corrected chi connectivity index (χ2v) is 5.05. The van der Waals surface area contributed by atoms with Crippen LogP contribution in [-0.4, -0.2) is 0 Å². The molecule has 2 nitrogen and oxygen atoms in total. The van der Waals surface area contributed by atoms with Crippen molar-refractivity contribution in [1.29, 1.82) is 0 Å². The van der Waals surface area contributed by atoms with Crippen LogP contribution >= 0.6 is 0 Å². The summed E-state index contributed by atoms with van der Waals surface area (Å²) in [5.74, 6) is 1.55. The number of benzene rings is 1. The largest absolute Gasteiger partial charge is 0.459 e. The van der Waals surface area contributed by atoms with Gasteiger partial charge in [0.1, 0.15) is 11.3 Å². The van der Waals surface area contributed by atoms with Crippen molar-refractivity contribution in [1.82, 2.24) is 0 Å². The van der Waals surface area contributed by atoms with Crippen molar-refractivity contribution in [3.8, 4) is 0 Å². The first-order valence-corrected chi connectivity index (χ1v) is 6.35. The predicted octanol–water partition coefficient (Wildman–Crippen LogP) is 4.18. The molecule has 0 aliphatic rings. The first-order valence-electron chi connectivity index (χ1n) is 6.35. The Balaban J connectivity index is 2.24. The molecule has 2 heteroatoms. The quantitative estimate of drug-likeness (QED) is 0.857. The molecule has 2 N–H and O–H groups in total. The highest BCUT2D eigenvalue weighted by atomic mass is 16.3. The Bertz CT molecular complexity index is 501. The maximum atomic E-state index is 6.18. The van der Waals surface area contributed by atoms with Gasteiger partial charge in [-0.15, -0.1) is 0 Å². The first-order chi connectivity index (χ1) is 8.10. The zero-order valence-corrected chi connectivity index (χ0v) is 10.9. The fraction of sp³-hybridized carbons (Fsp3) is 0.467. The van der Waals surface area contributed by atoms with Gasteiger partial charge in [0, 0.05) is 5.39 Å². The van der Waals surface area contributed by atoms with E-state index in [-0.39, 0.29) is 6.04 Å². The minimum atomic E-state index is 0.0117. The number of furan rings is 1. The topological polar surface area (TPSA) is 39.2 Å². The van der Waals surface area contributed by atoms with Crippen molar-refractivity contribution in [2.45, 2.75) is 39.7 Å². The van der Waals surface area contributed by atoms with Gasteiger partial charge >= 0.3 is 0 Å². The molecule has 0 bridgehead atoms. The van der Waals surface area contributed by atoms with Gasteiger partial charge in [0.2, 0.25) is 0 Å². The average Bonchev–Trinajstić information content (AvgIpc) is 2.71. The summed E-state index contributed by atoms with van der Waals surface area (Å²) >= 11 is 0. The molecule has 92 valence electrons. The van der Waals surface area contributed by atoms with Gasteiger partial charge in [-0.05, 0) is 37.5 Å². The molecule has 0 aliphatic carbocycles. The van der Waals surface area contributed by atoms with E-state index < -0.39 is 0 Å². The number of fused-ring (bicyclic) bond motifs is 1. The van der Waals surface area contributed by atoms with E-state index in [4.69, 9.17) is 10.2 Å². The molecule has 2 unspecified atom stereocenters. The highest BCUT2D eigenvalue weighted by Gasteiger charge is 2.14. The standard InChI is InChI=1S/C15H21NO/c1-4-10(2)8-13(16)15-9-12-7-11(3)5-6-14(12)17-15/h5-7,9-10,13H,4,8,16H2,1-3H3. The maximum absolute atomic E-state index is 6.18. The zero-order valence-electron chi connectivity index (χ0n) is 10.9. The Labute approximate surface area is 103 Å².